The first-order valence-corrected chi connectivity index (χ1v) is 5.70. The van der Waals surface area contributed by atoms with Crippen molar-refractivity contribution in [2.45, 2.75) is 47.0 Å². The summed E-state index contributed by atoms with van der Waals surface area (Å²) in [5, 5.41) is 0. The van der Waals surface area contributed by atoms with Gasteiger partial charge in [0.15, 0.2) is 5.78 Å². The van der Waals surface area contributed by atoms with Gasteiger partial charge in [0.1, 0.15) is 0 Å². The van der Waals surface area contributed by atoms with Crippen LogP contribution in [0, 0.1) is 16.7 Å². The lowest BCUT2D eigenvalue weighted by atomic mass is 9.70. The Bertz CT molecular complexity index is 311. The topological polar surface area (TPSA) is 17.1 Å². The molecule has 0 aromatic carbocycles. The molecule has 0 unspecified atom stereocenters. The second-order valence-electron chi connectivity index (χ2n) is 5.54. The van der Waals surface area contributed by atoms with Gasteiger partial charge in [-0.2, -0.15) is 0 Å². The Morgan fingerprint density at radius 2 is 2.07 bits per heavy atom. The Hall–Kier alpha value is -0.590. The highest BCUT2D eigenvalue weighted by molar-refractivity contribution is 6.04. The van der Waals surface area contributed by atoms with E-state index in [2.05, 4.69) is 33.8 Å². The summed E-state index contributed by atoms with van der Waals surface area (Å²) >= 11 is 0. The van der Waals surface area contributed by atoms with E-state index in [-0.39, 0.29) is 10.8 Å². The van der Waals surface area contributed by atoms with Crippen molar-refractivity contribution in [3.05, 3.63) is 11.6 Å². The zero-order valence-electron chi connectivity index (χ0n) is 9.68. The molecular weight excluding hydrogens is 172 g/mol. The number of carbonyl (C=O) groups is 1. The molecule has 2 fully saturated rings. The SMILES string of the molecule is CC/C=C1/C(=O)[C@@]2(C)CC[C@H]1C2(C)C. The second-order valence-corrected chi connectivity index (χ2v) is 5.54. The van der Waals surface area contributed by atoms with Gasteiger partial charge in [-0.25, -0.2) is 0 Å². The summed E-state index contributed by atoms with van der Waals surface area (Å²) in [5.74, 6) is 0.959. The van der Waals surface area contributed by atoms with Gasteiger partial charge in [0, 0.05) is 5.41 Å². The van der Waals surface area contributed by atoms with Gasteiger partial charge < -0.3 is 0 Å². The van der Waals surface area contributed by atoms with E-state index >= 15 is 0 Å². The Balaban J connectivity index is 2.49. The van der Waals surface area contributed by atoms with Gasteiger partial charge in [-0.3, -0.25) is 4.79 Å². The highest BCUT2D eigenvalue weighted by atomic mass is 16.1. The lowest BCUT2D eigenvalue weighted by molar-refractivity contribution is -0.125. The number of Topliss-reactive ketones (excluding diaryl/α,β-unsaturated/α-hetero) is 1. The van der Waals surface area contributed by atoms with Crippen molar-refractivity contribution in [3.8, 4) is 0 Å². The molecule has 0 N–H and O–H groups in total. The number of hydrogen-bond acceptors (Lipinski definition) is 1. The van der Waals surface area contributed by atoms with Gasteiger partial charge in [0.25, 0.3) is 0 Å². The Labute approximate surface area is 86.6 Å². The highest BCUT2D eigenvalue weighted by Crippen LogP contribution is 2.65. The predicted molar refractivity (Wildman–Crippen MR) is 58.0 cm³/mol. The monoisotopic (exact) mass is 192 g/mol. The van der Waals surface area contributed by atoms with Crippen molar-refractivity contribution in [2.75, 3.05) is 0 Å². The van der Waals surface area contributed by atoms with E-state index in [1.165, 1.54) is 6.42 Å². The third-order valence-electron chi connectivity index (χ3n) is 4.79. The summed E-state index contributed by atoms with van der Waals surface area (Å²) in [4.78, 5) is 12.2. The molecule has 0 radical (unpaired) electrons. The van der Waals surface area contributed by atoms with E-state index in [0.717, 1.165) is 18.4 Å². The summed E-state index contributed by atoms with van der Waals surface area (Å²) < 4.78 is 0. The van der Waals surface area contributed by atoms with Crippen molar-refractivity contribution >= 4 is 5.78 Å². The van der Waals surface area contributed by atoms with Crippen LogP contribution in [0.3, 0.4) is 0 Å². The molecule has 2 aliphatic rings. The largest absolute Gasteiger partial charge is 0.294 e. The van der Waals surface area contributed by atoms with Crippen LogP contribution in [0.15, 0.2) is 11.6 Å². The molecule has 2 atom stereocenters. The molecular formula is C13H20O. The van der Waals surface area contributed by atoms with Crippen LogP contribution in [-0.2, 0) is 4.79 Å². The van der Waals surface area contributed by atoms with E-state index < -0.39 is 0 Å². The van der Waals surface area contributed by atoms with Crippen LogP contribution in [0.1, 0.15) is 47.0 Å². The van der Waals surface area contributed by atoms with E-state index in [1.54, 1.807) is 0 Å². The fourth-order valence-electron chi connectivity index (χ4n) is 3.38. The Kier molecular flexibility index (Phi) is 1.93. The van der Waals surface area contributed by atoms with Crippen LogP contribution in [0.5, 0.6) is 0 Å². The van der Waals surface area contributed by atoms with Crippen LogP contribution in [0.4, 0.5) is 0 Å². The minimum atomic E-state index is -0.0708. The summed E-state index contributed by atoms with van der Waals surface area (Å²) in [6, 6.07) is 0. The molecule has 14 heavy (non-hydrogen) atoms. The Morgan fingerprint density at radius 3 is 2.50 bits per heavy atom. The molecule has 0 aliphatic heterocycles. The summed E-state index contributed by atoms with van der Waals surface area (Å²) in [5.41, 5.74) is 1.25. The summed E-state index contributed by atoms with van der Waals surface area (Å²) in [7, 11) is 0. The van der Waals surface area contributed by atoms with Gasteiger partial charge in [0.05, 0.1) is 0 Å². The molecule has 0 spiro atoms. The van der Waals surface area contributed by atoms with Crippen molar-refractivity contribution in [3.63, 3.8) is 0 Å². The van der Waals surface area contributed by atoms with Crippen molar-refractivity contribution < 1.29 is 4.79 Å². The quantitative estimate of drug-likeness (QED) is 0.582. The van der Waals surface area contributed by atoms with E-state index in [9.17, 15) is 4.79 Å². The molecule has 2 bridgehead atoms. The van der Waals surface area contributed by atoms with Crippen molar-refractivity contribution in [2.24, 2.45) is 16.7 Å². The predicted octanol–water partition coefficient (Wildman–Crippen LogP) is 3.35. The maximum atomic E-state index is 12.2. The highest BCUT2D eigenvalue weighted by Gasteiger charge is 2.63. The van der Waals surface area contributed by atoms with Crippen LogP contribution < -0.4 is 0 Å². The van der Waals surface area contributed by atoms with Gasteiger partial charge >= 0.3 is 0 Å². The average molecular weight is 192 g/mol. The van der Waals surface area contributed by atoms with Crippen LogP contribution in [-0.4, -0.2) is 5.78 Å². The van der Waals surface area contributed by atoms with Gasteiger partial charge in [-0.15, -0.1) is 0 Å². The van der Waals surface area contributed by atoms with Gasteiger partial charge in [-0.05, 0) is 36.2 Å². The van der Waals surface area contributed by atoms with Crippen LogP contribution >= 0.6 is 0 Å². The molecule has 0 aromatic rings. The molecule has 0 saturated heterocycles. The maximum absolute atomic E-state index is 12.2. The minimum Gasteiger partial charge on any atom is -0.294 e. The van der Waals surface area contributed by atoms with Crippen LogP contribution in [0.2, 0.25) is 0 Å². The number of rotatable bonds is 1. The number of hydrogen-bond donors (Lipinski definition) is 0. The second kappa shape index (κ2) is 2.71. The van der Waals surface area contributed by atoms with E-state index in [0.29, 0.717) is 11.7 Å². The fourth-order valence-corrected chi connectivity index (χ4v) is 3.38. The summed E-state index contributed by atoms with van der Waals surface area (Å²) in [6.07, 6.45) is 5.44. The molecule has 2 saturated carbocycles. The number of carbonyl (C=O) groups excluding carboxylic acids is 1. The molecule has 2 rings (SSSR count). The van der Waals surface area contributed by atoms with Crippen molar-refractivity contribution in [1.82, 2.24) is 0 Å². The lowest BCUT2D eigenvalue weighted by Gasteiger charge is -2.31. The zero-order chi connectivity index (χ0) is 10.6. The first kappa shape index (κ1) is 9.95. The molecule has 0 aromatic heterocycles. The first-order chi connectivity index (χ1) is 6.45. The standard InChI is InChI=1S/C13H20O/c1-5-6-9-10-7-8-13(4,11(9)14)12(10,2)3/h6,10H,5,7-8H2,1-4H3/b9-6+/t10-,13-/m1/s1. The minimum absolute atomic E-state index is 0.0708. The first-order valence-electron chi connectivity index (χ1n) is 5.70. The third-order valence-corrected chi connectivity index (χ3v) is 4.79. The Morgan fingerprint density at radius 1 is 1.43 bits per heavy atom. The number of ketones is 1. The molecule has 1 nitrogen and oxygen atoms in total. The molecule has 1 heteroatoms. The van der Waals surface area contributed by atoms with E-state index in [4.69, 9.17) is 0 Å². The fraction of sp³-hybridized carbons (Fsp3) is 0.769. The van der Waals surface area contributed by atoms with Crippen LogP contribution in [0.25, 0.3) is 0 Å². The average Bonchev–Trinajstić information content (AvgIpc) is 2.41. The maximum Gasteiger partial charge on any atom is 0.165 e. The molecule has 0 heterocycles. The van der Waals surface area contributed by atoms with Crippen molar-refractivity contribution in [1.29, 1.82) is 0 Å². The van der Waals surface area contributed by atoms with E-state index in [1.807, 2.05) is 0 Å². The smallest absolute Gasteiger partial charge is 0.165 e. The molecule has 2 aliphatic carbocycles. The number of fused-ring (bicyclic) bond motifs is 2. The van der Waals surface area contributed by atoms with Gasteiger partial charge in [0.2, 0.25) is 0 Å². The summed E-state index contributed by atoms with van der Waals surface area (Å²) in [6.45, 7) is 8.80. The number of allylic oxidation sites excluding steroid dienone is 2. The molecule has 78 valence electrons. The zero-order valence-corrected chi connectivity index (χ0v) is 9.68. The van der Waals surface area contributed by atoms with Gasteiger partial charge in [-0.1, -0.05) is 33.8 Å². The molecule has 0 amide bonds. The normalized spacial score (nSPS) is 42.4. The lowest BCUT2D eigenvalue weighted by Crippen LogP contribution is -2.32. The third kappa shape index (κ3) is 0.884.